The van der Waals surface area contributed by atoms with Crippen LogP contribution in [0.15, 0.2) is 59.3 Å². The first-order chi connectivity index (χ1) is 11.1. The Morgan fingerprint density at radius 3 is 2.17 bits per heavy atom. The van der Waals surface area contributed by atoms with Crippen molar-refractivity contribution in [3.63, 3.8) is 0 Å². The van der Waals surface area contributed by atoms with Crippen LogP contribution in [0.4, 0.5) is 0 Å². The first kappa shape index (κ1) is 15.3. The van der Waals surface area contributed by atoms with E-state index in [4.69, 9.17) is 16.3 Å². The van der Waals surface area contributed by atoms with Crippen molar-refractivity contribution in [2.45, 2.75) is 6.54 Å². The van der Waals surface area contributed by atoms with Crippen LogP contribution in [-0.2, 0) is 6.54 Å². The number of carbonyl (C=O) groups excluding carboxylic acids is 2. The molecule has 0 radical (unpaired) electrons. The molecule has 0 atom stereocenters. The van der Waals surface area contributed by atoms with Gasteiger partial charge in [-0.1, -0.05) is 48.0 Å². The number of hydrogen-bond donors (Lipinski definition) is 1. The molecular formula is C18H14ClNO3. The minimum Gasteiger partial charge on any atom is -0.497 e. The molecule has 0 amide bonds. The summed E-state index contributed by atoms with van der Waals surface area (Å²) in [5.74, 6) is 0.154. The van der Waals surface area contributed by atoms with Gasteiger partial charge >= 0.3 is 0 Å². The number of nitrogens with one attached hydrogen (secondary N) is 1. The second-order valence-electron chi connectivity index (χ2n) is 5.09. The molecule has 2 aromatic carbocycles. The predicted octanol–water partition coefficient (Wildman–Crippen LogP) is 3.31. The molecule has 0 heterocycles. The van der Waals surface area contributed by atoms with E-state index in [0.717, 1.165) is 11.3 Å². The summed E-state index contributed by atoms with van der Waals surface area (Å²) >= 11 is 6.10. The topological polar surface area (TPSA) is 55.4 Å². The van der Waals surface area contributed by atoms with Crippen LogP contribution in [0.1, 0.15) is 26.3 Å². The van der Waals surface area contributed by atoms with Gasteiger partial charge in [0.15, 0.2) is 0 Å². The molecule has 4 nitrogen and oxygen atoms in total. The van der Waals surface area contributed by atoms with Gasteiger partial charge in [0.1, 0.15) is 16.5 Å². The van der Waals surface area contributed by atoms with Gasteiger partial charge in [-0.25, -0.2) is 0 Å². The van der Waals surface area contributed by atoms with Crippen LogP contribution < -0.4 is 10.1 Å². The van der Waals surface area contributed by atoms with Crippen LogP contribution in [-0.4, -0.2) is 18.7 Å². The van der Waals surface area contributed by atoms with E-state index in [-0.39, 0.29) is 22.3 Å². The van der Waals surface area contributed by atoms with Gasteiger partial charge in [-0.2, -0.15) is 0 Å². The average molecular weight is 328 g/mol. The number of rotatable bonds is 4. The van der Waals surface area contributed by atoms with E-state index in [2.05, 4.69) is 5.32 Å². The molecule has 0 fully saturated rings. The highest BCUT2D eigenvalue weighted by molar-refractivity contribution is 6.49. The van der Waals surface area contributed by atoms with Crippen LogP contribution in [0.2, 0.25) is 0 Å². The molecule has 0 spiro atoms. The Morgan fingerprint density at radius 1 is 0.957 bits per heavy atom. The number of ether oxygens (including phenoxy) is 1. The minimum absolute atomic E-state index is 0.0674. The van der Waals surface area contributed by atoms with Crippen molar-refractivity contribution in [1.82, 2.24) is 5.32 Å². The fraction of sp³-hybridized carbons (Fsp3) is 0.111. The van der Waals surface area contributed by atoms with Crippen LogP contribution >= 0.6 is 11.6 Å². The molecule has 116 valence electrons. The van der Waals surface area contributed by atoms with Crippen molar-refractivity contribution in [1.29, 1.82) is 0 Å². The van der Waals surface area contributed by atoms with Gasteiger partial charge in [0.2, 0.25) is 11.6 Å². The Balaban J connectivity index is 1.83. The van der Waals surface area contributed by atoms with Crippen molar-refractivity contribution in [2.75, 3.05) is 7.11 Å². The number of hydrogen-bond acceptors (Lipinski definition) is 4. The molecule has 0 saturated heterocycles. The summed E-state index contributed by atoms with van der Waals surface area (Å²) in [5.41, 5.74) is 1.81. The van der Waals surface area contributed by atoms with Crippen molar-refractivity contribution >= 4 is 23.2 Å². The summed E-state index contributed by atoms with van der Waals surface area (Å²) in [5, 5.41) is 2.92. The SMILES string of the molecule is COc1ccc(CNC2=C(Cl)C(=O)c3ccccc3C2=O)cc1. The maximum absolute atomic E-state index is 12.5. The Kier molecular flexibility index (Phi) is 4.17. The number of carbonyl (C=O) groups is 2. The van der Waals surface area contributed by atoms with Crippen LogP contribution in [0.5, 0.6) is 5.75 Å². The van der Waals surface area contributed by atoms with Gasteiger partial charge in [-0.3, -0.25) is 9.59 Å². The number of benzene rings is 2. The number of Topliss-reactive ketones (excluding diaryl/α,β-unsaturated/α-hetero) is 2. The molecule has 1 N–H and O–H groups in total. The predicted molar refractivity (Wildman–Crippen MR) is 87.8 cm³/mol. The van der Waals surface area contributed by atoms with E-state index < -0.39 is 0 Å². The van der Waals surface area contributed by atoms with E-state index in [1.165, 1.54) is 0 Å². The third-order valence-electron chi connectivity index (χ3n) is 3.69. The van der Waals surface area contributed by atoms with Crippen LogP contribution in [0.25, 0.3) is 0 Å². The fourth-order valence-electron chi connectivity index (χ4n) is 2.44. The summed E-state index contributed by atoms with van der Waals surface area (Å²) in [6.07, 6.45) is 0. The normalized spacial score (nSPS) is 13.8. The molecule has 1 aliphatic carbocycles. The zero-order chi connectivity index (χ0) is 16.4. The standard InChI is InChI=1S/C18H14ClNO3/c1-23-12-8-6-11(7-9-12)10-20-16-15(19)17(21)13-4-2-3-5-14(13)18(16)22/h2-9,20H,10H2,1H3. The third-order valence-corrected chi connectivity index (χ3v) is 4.05. The van der Waals surface area contributed by atoms with E-state index in [1.54, 1.807) is 31.4 Å². The second-order valence-corrected chi connectivity index (χ2v) is 5.47. The van der Waals surface area contributed by atoms with Gasteiger partial charge in [-0.15, -0.1) is 0 Å². The number of halogens is 1. The highest BCUT2D eigenvalue weighted by Crippen LogP contribution is 2.27. The summed E-state index contributed by atoms with van der Waals surface area (Å²) in [6, 6.07) is 14.1. The molecule has 1 aliphatic rings. The second kappa shape index (κ2) is 6.26. The number of ketones is 2. The lowest BCUT2D eigenvalue weighted by molar-refractivity contribution is 0.0974. The van der Waals surface area contributed by atoms with Crippen LogP contribution in [0, 0.1) is 0 Å². The Morgan fingerprint density at radius 2 is 1.57 bits per heavy atom. The fourth-order valence-corrected chi connectivity index (χ4v) is 2.69. The Hall–Kier alpha value is -2.59. The minimum atomic E-state index is -0.334. The zero-order valence-corrected chi connectivity index (χ0v) is 13.2. The van der Waals surface area contributed by atoms with E-state index in [9.17, 15) is 9.59 Å². The molecular weight excluding hydrogens is 314 g/mol. The van der Waals surface area contributed by atoms with E-state index in [0.29, 0.717) is 17.7 Å². The van der Waals surface area contributed by atoms with Gasteiger partial charge in [0.25, 0.3) is 0 Å². The monoisotopic (exact) mass is 327 g/mol. The molecule has 5 heteroatoms. The molecule has 3 rings (SSSR count). The van der Waals surface area contributed by atoms with Crippen molar-refractivity contribution in [3.05, 3.63) is 76.0 Å². The molecule has 0 saturated carbocycles. The van der Waals surface area contributed by atoms with Crippen LogP contribution in [0.3, 0.4) is 0 Å². The zero-order valence-electron chi connectivity index (χ0n) is 12.4. The van der Waals surface area contributed by atoms with Gasteiger partial charge in [-0.05, 0) is 17.7 Å². The van der Waals surface area contributed by atoms with Crippen molar-refractivity contribution in [2.24, 2.45) is 0 Å². The lowest BCUT2D eigenvalue weighted by atomic mass is 9.92. The first-order valence-electron chi connectivity index (χ1n) is 7.07. The Bertz CT molecular complexity index is 809. The highest BCUT2D eigenvalue weighted by Gasteiger charge is 2.30. The average Bonchev–Trinajstić information content (AvgIpc) is 2.60. The quantitative estimate of drug-likeness (QED) is 0.936. The molecule has 23 heavy (non-hydrogen) atoms. The smallest absolute Gasteiger partial charge is 0.211 e. The number of fused-ring (bicyclic) bond motifs is 1. The highest BCUT2D eigenvalue weighted by atomic mass is 35.5. The lowest BCUT2D eigenvalue weighted by Gasteiger charge is -2.19. The molecule has 2 aromatic rings. The molecule has 0 bridgehead atoms. The molecule has 0 aliphatic heterocycles. The number of methoxy groups -OCH3 is 1. The van der Waals surface area contributed by atoms with Crippen molar-refractivity contribution in [3.8, 4) is 5.75 Å². The summed E-state index contributed by atoms with van der Waals surface area (Å²) < 4.78 is 5.10. The summed E-state index contributed by atoms with van der Waals surface area (Å²) in [7, 11) is 1.60. The van der Waals surface area contributed by atoms with Gasteiger partial charge < -0.3 is 10.1 Å². The first-order valence-corrected chi connectivity index (χ1v) is 7.44. The maximum Gasteiger partial charge on any atom is 0.211 e. The lowest BCUT2D eigenvalue weighted by Crippen LogP contribution is -2.28. The maximum atomic E-state index is 12.5. The molecule has 0 unspecified atom stereocenters. The Labute approximate surface area is 138 Å². The van der Waals surface area contributed by atoms with Crippen molar-refractivity contribution < 1.29 is 14.3 Å². The van der Waals surface area contributed by atoms with E-state index in [1.807, 2.05) is 24.3 Å². The summed E-state index contributed by atoms with van der Waals surface area (Å²) in [4.78, 5) is 24.8. The third kappa shape index (κ3) is 2.85. The van der Waals surface area contributed by atoms with Gasteiger partial charge in [0, 0.05) is 17.7 Å². The largest absolute Gasteiger partial charge is 0.497 e. The van der Waals surface area contributed by atoms with E-state index >= 15 is 0 Å². The number of allylic oxidation sites excluding steroid dienone is 2. The molecule has 0 aromatic heterocycles. The summed E-state index contributed by atoms with van der Waals surface area (Å²) in [6.45, 7) is 0.386. The van der Waals surface area contributed by atoms with Gasteiger partial charge in [0.05, 0.1) is 7.11 Å².